The summed E-state index contributed by atoms with van der Waals surface area (Å²) in [6.45, 7) is 4.01. The average molecular weight is 544 g/mol. The number of hydrogen-bond donors (Lipinski definition) is 1. The molecule has 10 nitrogen and oxygen atoms in total. The Hall–Kier alpha value is -4.48. The van der Waals surface area contributed by atoms with Crippen LogP contribution >= 0.6 is 11.6 Å². The van der Waals surface area contributed by atoms with Crippen LogP contribution in [0.1, 0.15) is 0 Å². The van der Waals surface area contributed by atoms with Crippen LogP contribution in [-0.2, 0) is 0 Å². The van der Waals surface area contributed by atoms with Crippen molar-refractivity contribution in [1.82, 2.24) is 34.6 Å². The van der Waals surface area contributed by atoms with Gasteiger partial charge in [-0.25, -0.2) is 24.3 Å². The van der Waals surface area contributed by atoms with Gasteiger partial charge < -0.3 is 15.1 Å². The average Bonchev–Trinajstić information content (AvgIpc) is 2.95. The van der Waals surface area contributed by atoms with E-state index in [0.29, 0.717) is 5.69 Å². The second-order valence-electron chi connectivity index (χ2n) is 9.15. The smallest absolute Gasteiger partial charge is 0.282 e. The van der Waals surface area contributed by atoms with Crippen LogP contribution in [0.3, 0.4) is 0 Å². The van der Waals surface area contributed by atoms with Gasteiger partial charge in [-0.05, 0) is 49.5 Å². The zero-order valence-electron chi connectivity index (χ0n) is 20.9. The van der Waals surface area contributed by atoms with Gasteiger partial charge >= 0.3 is 0 Å². The third-order valence-corrected chi connectivity index (χ3v) is 6.91. The molecule has 1 saturated heterocycles. The molecule has 3 aromatic heterocycles. The first-order valence-electron chi connectivity index (χ1n) is 12.3. The van der Waals surface area contributed by atoms with Crippen molar-refractivity contribution in [1.29, 1.82) is 0 Å². The molecule has 0 amide bonds. The molecule has 4 heterocycles. The van der Waals surface area contributed by atoms with Crippen LogP contribution in [-0.4, -0.2) is 67.8 Å². The van der Waals surface area contributed by atoms with Crippen molar-refractivity contribution in [3.63, 3.8) is 0 Å². The van der Waals surface area contributed by atoms with E-state index >= 15 is 0 Å². The van der Waals surface area contributed by atoms with Crippen LogP contribution in [0.4, 0.5) is 21.7 Å². The zero-order chi connectivity index (χ0) is 26.9. The molecule has 1 aliphatic rings. The van der Waals surface area contributed by atoms with Crippen molar-refractivity contribution in [3.05, 3.63) is 88.4 Å². The fraction of sp³-hybridized carbons (Fsp3) is 0.185. The fourth-order valence-electron chi connectivity index (χ4n) is 4.48. The number of anilines is 3. The van der Waals surface area contributed by atoms with E-state index in [0.717, 1.165) is 42.2 Å². The fourth-order valence-corrected chi connectivity index (χ4v) is 4.72. The molecule has 12 heteroatoms. The number of rotatable bonds is 5. The lowest BCUT2D eigenvalue weighted by Gasteiger charge is -2.34. The number of halogens is 2. The molecule has 0 aliphatic carbocycles. The Kier molecular flexibility index (Phi) is 6.59. The van der Waals surface area contributed by atoms with Crippen LogP contribution in [0.5, 0.6) is 0 Å². The SMILES string of the molecule is CN1CCN(c2ccc(Nc3ncc4c(=O)n(-c5c(F)cccc5Cl)nc(-c5ccncn5)c4n3)cc2)CC1. The first kappa shape index (κ1) is 24.8. The summed E-state index contributed by atoms with van der Waals surface area (Å²) in [6, 6.07) is 13.8. The normalized spacial score (nSPS) is 14.1. The van der Waals surface area contributed by atoms with Gasteiger partial charge in [-0.15, -0.1) is 0 Å². The minimum Gasteiger partial charge on any atom is -0.369 e. The molecule has 1 fully saturated rings. The quantitative estimate of drug-likeness (QED) is 0.353. The molecule has 1 aliphatic heterocycles. The van der Waals surface area contributed by atoms with Gasteiger partial charge in [0.1, 0.15) is 23.2 Å². The molecular formula is C27H23ClFN9O. The molecule has 0 bridgehead atoms. The molecule has 0 atom stereocenters. The Morgan fingerprint density at radius 2 is 1.79 bits per heavy atom. The number of piperazine rings is 1. The number of benzene rings is 2. The van der Waals surface area contributed by atoms with Crippen molar-refractivity contribution < 1.29 is 4.39 Å². The minimum absolute atomic E-state index is 0.0387. The van der Waals surface area contributed by atoms with Crippen LogP contribution in [0.25, 0.3) is 28.0 Å². The predicted molar refractivity (Wildman–Crippen MR) is 148 cm³/mol. The maximum Gasteiger partial charge on any atom is 0.282 e. The van der Waals surface area contributed by atoms with Crippen molar-refractivity contribution in [2.24, 2.45) is 0 Å². The summed E-state index contributed by atoms with van der Waals surface area (Å²) < 4.78 is 15.7. The van der Waals surface area contributed by atoms with E-state index in [1.165, 1.54) is 30.7 Å². The highest BCUT2D eigenvalue weighted by Crippen LogP contribution is 2.27. The molecule has 0 unspecified atom stereocenters. The van der Waals surface area contributed by atoms with Crippen molar-refractivity contribution >= 4 is 39.8 Å². The van der Waals surface area contributed by atoms with Gasteiger partial charge in [0.05, 0.1) is 16.1 Å². The number of fused-ring (bicyclic) bond motifs is 1. The van der Waals surface area contributed by atoms with E-state index in [-0.39, 0.29) is 33.3 Å². The molecule has 196 valence electrons. The molecule has 6 rings (SSSR count). The van der Waals surface area contributed by atoms with E-state index in [1.54, 1.807) is 12.3 Å². The number of nitrogens with zero attached hydrogens (tertiary/aromatic N) is 8. The highest BCUT2D eigenvalue weighted by Gasteiger charge is 2.20. The van der Waals surface area contributed by atoms with Gasteiger partial charge in [0.15, 0.2) is 5.82 Å². The summed E-state index contributed by atoms with van der Waals surface area (Å²) in [6.07, 6.45) is 4.30. The summed E-state index contributed by atoms with van der Waals surface area (Å²) in [7, 11) is 2.13. The summed E-state index contributed by atoms with van der Waals surface area (Å²) in [4.78, 5) is 35.3. The molecule has 2 aromatic carbocycles. The Morgan fingerprint density at radius 1 is 1.00 bits per heavy atom. The number of hydrogen-bond acceptors (Lipinski definition) is 9. The standard InChI is InChI=1S/C27H23ClFN9O/c1-36-11-13-37(14-12-36)18-7-5-17(6-8-18)33-27-31-15-19-23(34-27)24(22-9-10-30-16-32-22)35-38(26(19)39)25-20(28)3-2-4-21(25)29/h2-10,15-16H,11-14H2,1H3,(H,31,33,34). The number of likely N-dealkylation sites (N-methyl/N-ethyl adjacent to an activating group) is 1. The van der Waals surface area contributed by atoms with Gasteiger partial charge in [0.2, 0.25) is 5.95 Å². The minimum atomic E-state index is -0.690. The summed E-state index contributed by atoms with van der Waals surface area (Å²) in [5.41, 5.74) is 2.07. The Morgan fingerprint density at radius 3 is 2.51 bits per heavy atom. The van der Waals surface area contributed by atoms with E-state index in [2.05, 4.69) is 59.3 Å². The lowest BCUT2D eigenvalue weighted by molar-refractivity contribution is 0.313. The van der Waals surface area contributed by atoms with Crippen molar-refractivity contribution in [2.75, 3.05) is 43.4 Å². The lowest BCUT2D eigenvalue weighted by atomic mass is 10.2. The topological polar surface area (TPSA) is 105 Å². The van der Waals surface area contributed by atoms with E-state index in [4.69, 9.17) is 11.6 Å². The van der Waals surface area contributed by atoms with Crippen LogP contribution in [0.2, 0.25) is 5.02 Å². The highest BCUT2D eigenvalue weighted by molar-refractivity contribution is 6.32. The first-order valence-corrected chi connectivity index (χ1v) is 12.7. The summed E-state index contributed by atoms with van der Waals surface area (Å²) >= 11 is 6.26. The number of para-hydroxylation sites is 1. The Labute approximate surface area is 227 Å². The molecule has 39 heavy (non-hydrogen) atoms. The molecular weight excluding hydrogens is 521 g/mol. The highest BCUT2D eigenvalue weighted by atomic mass is 35.5. The van der Waals surface area contributed by atoms with Crippen LogP contribution in [0, 0.1) is 5.82 Å². The summed E-state index contributed by atoms with van der Waals surface area (Å²) in [5.74, 6) is -0.419. The Balaban J connectivity index is 1.40. The first-order chi connectivity index (χ1) is 19.0. The number of aromatic nitrogens is 6. The second kappa shape index (κ2) is 10.4. The van der Waals surface area contributed by atoms with Crippen molar-refractivity contribution in [2.45, 2.75) is 0 Å². The van der Waals surface area contributed by atoms with E-state index < -0.39 is 11.4 Å². The van der Waals surface area contributed by atoms with Crippen LogP contribution < -0.4 is 15.8 Å². The lowest BCUT2D eigenvalue weighted by Crippen LogP contribution is -2.44. The maximum absolute atomic E-state index is 14.8. The maximum atomic E-state index is 14.8. The van der Waals surface area contributed by atoms with Gasteiger partial charge in [0.25, 0.3) is 5.56 Å². The van der Waals surface area contributed by atoms with Gasteiger partial charge in [0, 0.05) is 49.9 Å². The van der Waals surface area contributed by atoms with E-state index in [1.807, 2.05) is 12.1 Å². The predicted octanol–water partition coefficient (Wildman–Crippen LogP) is 3.92. The molecule has 0 radical (unpaired) electrons. The number of nitrogens with one attached hydrogen (secondary N) is 1. The van der Waals surface area contributed by atoms with Gasteiger partial charge in [-0.2, -0.15) is 9.78 Å². The molecule has 0 spiro atoms. The molecule has 5 aromatic rings. The third-order valence-electron chi connectivity index (χ3n) is 6.60. The Bertz CT molecular complexity index is 1690. The molecule has 1 N–H and O–H groups in total. The van der Waals surface area contributed by atoms with Gasteiger partial charge in [-0.1, -0.05) is 17.7 Å². The van der Waals surface area contributed by atoms with Gasteiger partial charge in [-0.3, -0.25) is 4.79 Å². The monoisotopic (exact) mass is 543 g/mol. The second-order valence-corrected chi connectivity index (χ2v) is 9.56. The van der Waals surface area contributed by atoms with E-state index in [9.17, 15) is 9.18 Å². The van der Waals surface area contributed by atoms with Crippen molar-refractivity contribution in [3.8, 4) is 17.1 Å². The largest absolute Gasteiger partial charge is 0.369 e. The zero-order valence-corrected chi connectivity index (χ0v) is 21.7. The summed E-state index contributed by atoms with van der Waals surface area (Å²) in [5, 5.41) is 7.81. The third kappa shape index (κ3) is 4.89. The van der Waals surface area contributed by atoms with Crippen LogP contribution in [0.15, 0.2) is 72.0 Å². The molecule has 0 saturated carbocycles.